The van der Waals surface area contributed by atoms with E-state index in [0.717, 1.165) is 22.2 Å². The summed E-state index contributed by atoms with van der Waals surface area (Å²) in [5, 5.41) is 4.97. The van der Waals surface area contributed by atoms with Gasteiger partial charge in [-0.1, -0.05) is 34.1 Å². The van der Waals surface area contributed by atoms with Crippen LogP contribution in [0.15, 0.2) is 45.8 Å². The second kappa shape index (κ2) is 6.36. The molecule has 0 spiro atoms. The smallest absolute Gasteiger partial charge is 0.339 e. The lowest BCUT2D eigenvalue weighted by Crippen LogP contribution is -2.14. The van der Waals surface area contributed by atoms with Crippen molar-refractivity contribution in [2.75, 3.05) is 6.61 Å². The van der Waals surface area contributed by atoms with E-state index in [2.05, 4.69) is 15.9 Å². The Balaban J connectivity index is 2.16. The van der Waals surface area contributed by atoms with Gasteiger partial charge in [-0.25, -0.2) is 22.7 Å². The Bertz CT molecular complexity index is 1030. The second-order valence-corrected chi connectivity index (χ2v) is 7.97. The van der Waals surface area contributed by atoms with E-state index in [1.807, 2.05) is 19.1 Å². The van der Waals surface area contributed by atoms with Crippen LogP contribution in [-0.4, -0.2) is 21.0 Å². The average molecular weight is 426 g/mol. The third-order valence-corrected chi connectivity index (χ3v) is 5.72. The van der Waals surface area contributed by atoms with Crippen LogP contribution in [-0.2, 0) is 19.6 Å². The maximum atomic E-state index is 14.1. The predicted octanol–water partition coefficient (Wildman–Crippen LogP) is 3.01. The lowest BCUT2D eigenvalue weighted by atomic mass is 9.96. The van der Waals surface area contributed by atoms with Gasteiger partial charge in [0.05, 0.1) is 5.57 Å². The Morgan fingerprint density at radius 2 is 1.84 bits per heavy atom. The molecular formula is C17H13BrFNO4S. The molecule has 0 atom stereocenters. The average Bonchev–Trinajstić information content (AvgIpc) is 2.90. The van der Waals surface area contributed by atoms with Gasteiger partial charge >= 0.3 is 5.97 Å². The number of cyclic esters (lactones) is 1. The molecule has 8 heteroatoms. The molecule has 25 heavy (non-hydrogen) atoms. The van der Waals surface area contributed by atoms with E-state index in [1.165, 1.54) is 6.07 Å². The number of carbonyl (C=O) groups is 1. The number of carbonyl (C=O) groups excluding carboxylic acids is 1. The summed E-state index contributed by atoms with van der Waals surface area (Å²) in [6.07, 6.45) is 0. The predicted molar refractivity (Wildman–Crippen MR) is 94.4 cm³/mol. The third-order valence-electron chi connectivity index (χ3n) is 3.89. The van der Waals surface area contributed by atoms with Gasteiger partial charge in [-0.2, -0.15) is 0 Å². The van der Waals surface area contributed by atoms with Crippen molar-refractivity contribution in [2.24, 2.45) is 5.14 Å². The Hall–Kier alpha value is -2.03. The Morgan fingerprint density at radius 1 is 1.16 bits per heavy atom. The van der Waals surface area contributed by atoms with E-state index < -0.39 is 26.7 Å². The molecule has 3 rings (SSSR count). The number of hydrogen-bond donors (Lipinski definition) is 1. The normalized spacial score (nSPS) is 14.8. The topological polar surface area (TPSA) is 86.5 Å². The summed E-state index contributed by atoms with van der Waals surface area (Å²) in [7, 11) is -4.16. The second-order valence-electron chi connectivity index (χ2n) is 5.58. The molecule has 0 amide bonds. The van der Waals surface area contributed by atoms with Crippen LogP contribution in [0.2, 0.25) is 0 Å². The lowest BCUT2D eigenvalue weighted by Gasteiger charge is -2.08. The summed E-state index contributed by atoms with van der Waals surface area (Å²) in [6, 6.07) is 8.93. The Kier molecular flexibility index (Phi) is 4.52. The van der Waals surface area contributed by atoms with Gasteiger partial charge in [0.2, 0.25) is 10.0 Å². The highest BCUT2D eigenvalue weighted by Crippen LogP contribution is 2.35. The number of halogens is 2. The van der Waals surface area contributed by atoms with Crippen molar-refractivity contribution >= 4 is 43.1 Å². The van der Waals surface area contributed by atoms with E-state index in [4.69, 9.17) is 9.88 Å². The van der Waals surface area contributed by atoms with Crippen molar-refractivity contribution in [3.05, 3.63) is 63.4 Å². The SMILES string of the molecule is Cc1cc(C2=C(c3ccc(S(N)(=O)=O)c(F)c3)COC2=O)ccc1Br. The molecule has 0 unspecified atom stereocenters. The van der Waals surface area contributed by atoms with Gasteiger partial charge in [-0.05, 0) is 41.8 Å². The monoisotopic (exact) mass is 425 g/mol. The number of ether oxygens (including phenoxy) is 1. The fourth-order valence-corrected chi connectivity index (χ4v) is 3.48. The van der Waals surface area contributed by atoms with Crippen LogP contribution >= 0.6 is 15.9 Å². The molecule has 0 saturated heterocycles. The molecule has 2 aromatic carbocycles. The van der Waals surface area contributed by atoms with Crippen LogP contribution in [0.5, 0.6) is 0 Å². The number of rotatable bonds is 3. The van der Waals surface area contributed by atoms with E-state index in [9.17, 15) is 17.6 Å². The first-order valence-electron chi connectivity index (χ1n) is 7.18. The minimum atomic E-state index is -4.16. The summed E-state index contributed by atoms with van der Waals surface area (Å²) in [4.78, 5) is 11.6. The number of hydrogen-bond acceptors (Lipinski definition) is 4. The molecule has 130 valence electrons. The number of primary sulfonamides is 1. The standard InChI is InChI=1S/C17H13BrFNO4S/c1-9-6-11(2-4-13(9)18)16-12(8-24-17(16)21)10-3-5-15(14(19)7-10)25(20,22)23/h2-7H,8H2,1H3,(H2,20,22,23). The highest BCUT2D eigenvalue weighted by atomic mass is 79.9. The molecule has 0 radical (unpaired) electrons. The van der Waals surface area contributed by atoms with Crippen LogP contribution in [0.1, 0.15) is 16.7 Å². The van der Waals surface area contributed by atoms with E-state index >= 15 is 0 Å². The first-order valence-corrected chi connectivity index (χ1v) is 9.52. The molecule has 0 fully saturated rings. The highest BCUT2D eigenvalue weighted by molar-refractivity contribution is 9.10. The summed E-state index contributed by atoms with van der Waals surface area (Å²) >= 11 is 3.40. The zero-order chi connectivity index (χ0) is 18.4. The van der Waals surface area contributed by atoms with Crippen molar-refractivity contribution in [3.8, 4) is 0 Å². The maximum absolute atomic E-state index is 14.1. The maximum Gasteiger partial charge on any atom is 0.339 e. The molecule has 2 N–H and O–H groups in total. The van der Waals surface area contributed by atoms with Crippen molar-refractivity contribution in [1.82, 2.24) is 0 Å². The minimum absolute atomic E-state index is 0.0164. The van der Waals surface area contributed by atoms with Gasteiger partial charge < -0.3 is 4.74 Å². The summed E-state index contributed by atoms with van der Waals surface area (Å²) in [5.41, 5.74) is 2.77. The molecule has 2 aromatic rings. The molecule has 1 heterocycles. The fraction of sp³-hybridized carbons (Fsp3) is 0.118. The summed E-state index contributed by atoms with van der Waals surface area (Å²) in [5.74, 6) is -1.48. The van der Waals surface area contributed by atoms with Gasteiger partial charge in [0.15, 0.2) is 0 Å². The van der Waals surface area contributed by atoms with Gasteiger partial charge in [0.25, 0.3) is 0 Å². The molecule has 1 aliphatic heterocycles. The van der Waals surface area contributed by atoms with Gasteiger partial charge in [0.1, 0.15) is 17.3 Å². The van der Waals surface area contributed by atoms with Crippen LogP contribution in [0.3, 0.4) is 0 Å². The number of esters is 1. The van der Waals surface area contributed by atoms with Crippen molar-refractivity contribution < 1.29 is 22.3 Å². The number of benzene rings is 2. The number of aryl methyl sites for hydroxylation is 1. The molecular weight excluding hydrogens is 413 g/mol. The Morgan fingerprint density at radius 3 is 2.44 bits per heavy atom. The fourth-order valence-electron chi connectivity index (χ4n) is 2.64. The van der Waals surface area contributed by atoms with Crippen LogP contribution in [0.4, 0.5) is 4.39 Å². The summed E-state index contributed by atoms with van der Waals surface area (Å²) in [6.45, 7) is 1.87. The van der Waals surface area contributed by atoms with Crippen molar-refractivity contribution in [2.45, 2.75) is 11.8 Å². The molecule has 0 saturated carbocycles. The van der Waals surface area contributed by atoms with Crippen LogP contribution < -0.4 is 5.14 Å². The molecule has 5 nitrogen and oxygen atoms in total. The van der Waals surface area contributed by atoms with E-state index in [0.29, 0.717) is 22.3 Å². The molecule has 1 aliphatic rings. The molecule has 0 aliphatic carbocycles. The lowest BCUT2D eigenvalue weighted by molar-refractivity contribution is -0.133. The molecule has 0 bridgehead atoms. The summed E-state index contributed by atoms with van der Waals surface area (Å²) < 4.78 is 42.8. The van der Waals surface area contributed by atoms with Gasteiger partial charge in [0, 0.05) is 10.0 Å². The van der Waals surface area contributed by atoms with Crippen molar-refractivity contribution in [1.29, 1.82) is 0 Å². The number of sulfonamides is 1. The van der Waals surface area contributed by atoms with Crippen LogP contribution in [0.25, 0.3) is 11.1 Å². The van der Waals surface area contributed by atoms with Crippen LogP contribution in [0, 0.1) is 12.7 Å². The number of nitrogens with two attached hydrogens (primary N) is 1. The highest BCUT2D eigenvalue weighted by Gasteiger charge is 2.28. The van der Waals surface area contributed by atoms with Crippen molar-refractivity contribution in [3.63, 3.8) is 0 Å². The zero-order valence-electron chi connectivity index (χ0n) is 13.0. The first-order chi connectivity index (χ1) is 11.7. The van der Waals surface area contributed by atoms with E-state index in [1.54, 1.807) is 6.07 Å². The Labute approximate surface area is 152 Å². The van der Waals surface area contributed by atoms with Gasteiger partial charge in [-0.15, -0.1) is 0 Å². The molecule has 0 aromatic heterocycles. The first kappa shape index (κ1) is 17.8. The largest absolute Gasteiger partial charge is 0.457 e. The minimum Gasteiger partial charge on any atom is -0.457 e. The quantitative estimate of drug-likeness (QED) is 0.765. The van der Waals surface area contributed by atoms with E-state index in [-0.39, 0.29) is 6.61 Å². The van der Waals surface area contributed by atoms with Gasteiger partial charge in [-0.3, -0.25) is 0 Å². The third kappa shape index (κ3) is 3.37. The zero-order valence-corrected chi connectivity index (χ0v) is 15.4.